The Balaban J connectivity index is 1.59. The van der Waals surface area contributed by atoms with E-state index in [0.29, 0.717) is 24.3 Å². The molecule has 0 aromatic heterocycles. The average Bonchev–Trinajstić information content (AvgIpc) is 3.10. The van der Waals surface area contributed by atoms with E-state index in [-0.39, 0.29) is 11.4 Å². The molecule has 0 spiro atoms. The van der Waals surface area contributed by atoms with Crippen LogP contribution < -0.4 is 0 Å². The van der Waals surface area contributed by atoms with Gasteiger partial charge in [0.2, 0.25) is 5.17 Å². The number of nitrogens with zero attached hydrogens (tertiary/aromatic N) is 4. The number of hydrogen-bond acceptors (Lipinski definition) is 6. The topological polar surface area (TPSA) is 81.3 Å². The minimum Gasteiger partial charge on any atom is -0.378 e. The fourth-order valence-corrected chi connectivity index (χ4v) is 3.95. The van der Waals surface area contributed by atoms with Gasteiger partial charge in [-0.05, 0) is 34.9 Å². The van der Waals surface area contributed by atoms with Crippen molar-refractivity contribution in [3.63, 3.8) is 0 Å². The molecule has 27 heavy (non-hydrogen) atoms. The van der Waals surface area contributed by atoms with Crippen molar-refractivity contribution in [2.45, 2.75) is 19.8 Å². The normalized spacial score (nSPS) is 21.7. The molecule has 0 aliphatic carbocycles. The number of thioether (sulfide) groups is 1. The third-order valence-electron chi connectivity index (χ3n) is 4.64. The third kappa shape index (κ3) is 3.54. The predicted octanol–water partition coefficient (Wildman–Crippen LogP) is 2.72. The molecule has 3 aliphatic heterocycles. The Morgan fingerprint density at radius 3 is 2.56 bits per heavy atom. The average molecular weight is 383 g/mol. The highest BCUT2D eigenvalue weighted by Gasteiger charge is 2.37. The van der Waals surface area contributed by atoms with E-state index >= 15 is 0 Å². The number of hydrazone groups is 1. The molecule has 7 nitrogen and oxygen atoms in total. The number of nitrogens with one attached hydrogen (secondary N) is 1. The molecule has 0 radical (unpaired) electrons. The van der Waals surface area contributed by atoms with Gasteiger partial charge in [0.25, 0.3) is 5.91 Å². The summed E-state index contributed by atoms with van der Waals surface area (Å²) in [5.74, 6) is 0.113. The fraction of sp³-hybridized carbons (Fsp3) is 0.368. The van der Waals surface area contributed by atoms with Gasteiger partial charge in [-0.3, -0.25) is 10.2 Å². The molecule has 8 heteroatoms. The molecule has 0 unspecified atom stereocenters. The van der Waals surface area contributed by atoms with Crippen LogP contribution in [0.15, 0.2) is 39.9 Å². The third-order valence-corrected chi connectivity index (χ3v) is 5.61. The Kier molecular flexibility index (Phi) is 4.84. The summed E-state index contributed by atoms with van der Waals surface area (Å²) in [7, 11) is 0. The van der Waals surface area contributed by atoms with E-state index in [9.17, 15) is 4.79 Å². The van der Waals surface area contributed by atoms with Crippen LogP contribution in [-0.2, 0) is 9.53 Å². The second-order valence-corrected chi connectivity index (χ2v) is 7.76. The molecular weight excluding hydrogens is 362 g/mol. The monoisotopic (exact) mass is 383 g/mol. The van der Waals surface area contributed by atoms with Crippen LogP contribution in [-0.4, -0.2) is 58.3 Å². The molecular formula is C19H21N5O2S. The van der Waals surface area contributed by atoms with Gasteiger partial charge in [0.1, 0.15) is 0 Å². The number of benzene rings is 1. The summed E-state index contributed by atoms with van der Waals surface area (Å²) >= 11 is 1.33. The maximum Gasteiger partial charge on any atom is 0.283 e. The molecule has 1 saturated heterocycles. The van der Waals surface area contributed by atoms with E-state index in [1.54, 1.807) is 6.08 Å². The van der Waals surface area contributed by atoms with Crippen molar-refractivity contribution in [1.29, 1.82) is 5.41 Å². The molecule has 4 rings (SSSR count). The zero-order valence-electron chi connectivity index (χ0n) is 15.3. The van der Waals surface area contributed by atoms with Gasteiger partial charge in [-0.15, -0.1) is 5.10 Å². The van der Waals surface area contributed by atoms with Gasteiger partial charge in [-0.25, -0.2) is 0 Å². The van der Waals surface area contributed by atoms with Gasteiger partial charge in [-0.2, -0.15) is 10.0 Å². The van der Waals surface area contributed by atoms with E-state index in [2.05, 4.69) is 28.8 Å². The zero-order chi connectivity index (χ0) is 19.0. The number of hydrogen-bond donors (Lipinski definition) is 1. The lowest BCUT2D eigenvalue weighted by molar-refractivity contribution is -0.114. The van der Waals surface area contributed by atoms with Crippen LogP contribution in [0.3, 0.4) is 0 Å². The van der Waals surface area contributed by atoms with E-state index in [0.717, 1.165) is 23.8 Å². The molecule has 1 amide bonds. The number of fused-ring (bicyclic) bond motifs is 1. The molecule has 1 aromatic rings. The second-order valence-electron chi connectivity index (χ2n) is 6.82. The number of amides is 1. The quantitative estimate of drug-likeness (QED) is 0.794. The van der Waals surface area contributed by atoms with Crippen molar-refractivity contribution in [3.05, 3.63) is 41.0 Å². The first-order valence-corrected chi connectivity index (χ1v) is 9.77. The maximum absolute atomic E-state index is 12.5. The van der Waals surface area contributed by atoms with Crippen LogP contribution in [0, 0.1) is 5.41 Å². The molecule has 1 aromatic carbocycles. The molecule has 0 saturated carbocycles. The highest BCUT2D eigenvalue weighted by molar-refractivity contribution is 8.26. The molecule has 3 heterocycles. The van der Waals surface area contributed by atoms with Crippen LogP contribution in [0.5, 0.6) is 0 Å². The Morgan fingerprint density at radius 2 is 1.89 bits per heavy atom. The maximum atomic E-state index is 12.5. The lowest BCUT2D eigenvalue weighted by Gasteiger charge is -2.26. The molecule has 3 aliphatic rings. The SMILES string of the molecule is CC(C)c1ccc(/C=C2\C(=N)N3N=C(N4CCOCC4)SC3=NC2=O)cc1. The number of morpholine rings is 1. The molecule has 1 fully saturated rings. The predicted molar refractivity (Wildman–Crippen MR) is 108 cm³/mol. The molecule has 0 atom stereocenters. The summed E-state index contributed by atoms with van der Waals surface area (Å²) in [5.41, 5.74) is 2.36. The Hall–Kier alpha value is -2.45. The standard InChI is InChI=1S/C19H21N5O2S/c1-12(2)14-5-3-13(4-6-14)11-15-16(20)24-18(21-17(15)25)27-19(22-24)23-7-9-26-10-8-23/h3-6,11-12,20H,7-10H2,1-2H3/b15-11+,20-16?. The number of amidine groups is 3. The van der Waals surface area contributed by atoms with Gasteiger partial charge >= 0.3 is 0 Å². The Labute approximate surface area is 162 Å². The number of rotatable bonds is 2. The van der Waals surface area contributed by atoms with Crippen LogP contribution in [0.2, 0.25) is 0 Å². The zero-order valence-corrected chi connectivity index (χ0v) is 16.1. The van der Waals surface area contributed by atoms with E-state index in [1.165, 1.54) is 22.3 Å². The lowest BCUT2D eigenvalue weighted by Crippen LogP contribution is -2.39. The number of carbonyl (C=O) groups excluding carboxylic acids is 1. The van der Waals surface area contributed by atoms with Gasteiger partial charge in [-0.1, -0.05) is 38.1 Å². The van der Waals surface area contributed by atoms with Crippen LogP contribution >= 0.6 is 11.8 Å². The van der Waals surface area contributed by atoms with Crippen LogP contribution in [0.25, 0.3) is 6.08 Å². The first-order chi connectivity index (χ1) is 13.0. The van der Waals surface area contributed by atoms with Crippen LogP contribution in [0.4, 0.5) is 0 Å². The van der Waals surface area contributed by atoms with Crippen molar-refractivity contribution in [2.24, 2.45) is 10.1 Å². The number of carbonyl (C=O) groups is 1. The van der Waals surface area contributed by atoms with Gasteiger partial charge in [0.15, 0.2) is 11.0 Å². The van der Waals surface area contributed by atoms with Gasteiger partial charge in [0.05, 0.1) is 18.8 Å². The first-order valence-electron chi connectivity index (χ1n) is 8.96. The Bertz CT molecular complexity index is 867. The van der Waals surface area contributed by atoms with Crippen molar-refractivity contribution in [1.82, 2.24) is 9.91 Å². The molecule has 1 N–H and O–H groups in total. The number of aliphatic imine (C=N–C) groups is 1. The van der Waals surface area contributed by atoms with E-state index in [4.69, 9.17) is 10.1 Å². The highest BCUT2D eigenvalue weighted by atomic mass is 32.2. The van der Waals surface area contributed by atoms with Gasteiger partial charge in [0, 0.05) is 13.1 Å². The highest BCUT2D eigenvalue weighted by Crippen LogP contribution is 2.30. The largest absolute Gasteiger partial charge is 0.378 e. The van der Waals surface area contributed by atoms with Crippen molar-refractivity contribution in [3.8, 4) is 0 Å². The summed E-state index contributed by atoms with van der Waals surface area (Å²) in [6, 6.07) is 8.01. The van der Waals surface area contributed by atoms with E-state index in [1.807, 2.05) is 24.3 Å². The summed E-state index contributed by atoms with van der Waals surface area (Å²) in [6.07, 6.45) is 1.71. The van der Waals surface area contributed by atoms with Crippen molar-refractivity contribution in [2.75, 3.05) is 26.3 Å². The Morgan fingerprint density at radius 1 is 1.19 bits per heavy atom. The van der Waals surface area contributed by atoms with Crippen LogP contribution in [0.1, 0.15) is 30.9 Å². The van der Waals surface area contributed by atoms with Gasteiger partial charge < -0.3 is 9.64 Å². The molecule has 0 bridgehead atoms. The first kappa shape index (κ1) is 17.9. The summed E-state index contributed by atoms with van der Waals surface area (Å²) in [5, 5.41) is 15.6. The van der Waals surface area contributed by atoms with Crippen molar-refractivity contribution < 1.29 is 9.53 Å². The minimum atomic E-state index is -0.398. The minimum absolute atomic E-state index is 0.0636. The number of ether oxygens (including phenoxy) is 1. The fourth-order valence-electron chi connectivity index (χ4n) is 3.01. The van der Waals surface area contributed by atoms with Crippen molar-refractivity contribution >= 4 is 39.9 Å². The summed E-state index contributed by atoms with van der Waals surface area (Å²) in [4.78, 5) is 18.7. The molecule has 140 valence electrons. The smallest absolute Gasteiger partial charge is 0.283 e. The second kappa shape index (κ2) is 7.28. The summed E-state index contributed by atoms with van der Waals surface area (Å²) in [6.45, 7) is 7.08. The lowest BCUT2D eigenvalue weighted by atomic mass is 10.0. The van der Waals surface area contributed by atoms with E-state index < -0.39 is 5.91 Å². The summed E-state index contributed by atoms with van der Waals surface area (Å²) < 4.78 is 5.37.